The molecular formula is C25H24F2N6. The molecule has 0 bridgehead atoms. The lowest BCUT2D eigenvalue weighted by Gasteiger charge is -2.42. The molecule has 0 saturated carbocycles. The highest BCUT2D eigenvalue weighted by Gasteiger charge is 2.46. The van der Waals surface area contributed by atoms with Crippen molar-refractivity contribution in [3.63, 3.8) is 0 Å². The third-order valence-corrected chi connectivity index (χ3v) is 7.40. The van der Waals surface area contributed by atoms with Crippen LogP contribution >= 0.6 is 0 Å². The molecule has 2 aliphatic rings. The number of anilines is 1. The van der Waals surface area contributed by atoms with E-state index in [9.17, 15) is 8.78 Å². The number of pyridine rings is 1. The number of rotatable bonds is 2. The fourth-order valence-corrected chi connectivity index (χ4v) is 5.62. The maximum absolute atomic E-state index is 14.6. The zero-order valence-electron chi connectivity index (χ0n) is 18.3. The van der Waals surface area contributed by atoms with E-state index in [2.05, 4.69) is 21.0 Å². The molecule has 4 aromatic rings. The van der Waals surface area contributed by atoms with Gasteiger partial charge in [-0.3, -0.25) is 4.98 Å². The molecule has 6 rings (SSSR count). The third kappa shape index (κ3) is 2.97. The first-order valence-electron chi connectivity index (χ1n) is 11.2. The van der Waals surface area contributed by atoms with Gasteiger partial charge in [0.2, 0.25) is 0 Å². The minimum Gasteiger partial charge on any atom is -0.355 e. The first-order valence-corrected chi connectivity index (χ1v) is 11.2. The Balaban J connectivity index is 1.35. The number of benzene rings is 1. The molecule has 33 heavy (non-hydrogen) atoms. The van der Waals surface area contributed by atoms with E-state index in [0.717, 1.165) is 54.9 Å². The normalized spacial score (nSPS) is 19.4. The van der Waals surface area contributed by atoms with E-state index < -0.39 is 11.6 Å². The van der Waals surface area contributed by atoms with Crippen LogP contribution < -0.4 is 10.6 Å². The molecule has 4 heterocycles. The smallest absolute Gasteiger partial charge is 0.155 e. The standard InChI is InChI=1S/C25H24F2N6/c1-15-22(21-17(26)5-2-6-18(21)27)33-20(7-11-30-33)24(31-15)32-12-8-25(9-13-32)14-19-16(23(25)28)4-3-10-29-19/h2-7,10-11,23H,8-9,12-14,28H2,1H3/t23-/m1/s1. The van der Waals surface area contributed by atoms with Crippen molar-refractivity contribution in [3.05, 3.63) is 77.4 Å². The molecular weight excluding hydrogens is 422 g/mol. The van der Waals surface area contributed by atoms with Gasteiger partial charge in [-0.1, -0.05) is 12.1 Å². The molecule has 168 valence electrons. The molecule has 1 fully saturated rings. The number of nitrogens with two attached hydrogens (primary N) is 1. The summed E-state index contributed by atoms with van der Waals surface area (Å²) in [5, 5.41) is 4.39. The molecule has 1 aromatic carbocycles. The molecule has 6 nitrogen and oxygen atoms in total. The molecule has 1 saturated heterocycles. The fraction of sp³-hybridized carbons (Fsp3) is 0.320. The van der Waals surface area contributed by atoms with E-state index in [4.69, 9.17) is 10.7 Å². The van der Waals surface area contributed by atoms with Gasteiger partial charge in [-0.25, -0.2) is 18.3 Å². The van der Waals surface area contributed by atoms with E-state index in [1.54, 1.807) is 17.6 Å². The number of halogens is 2. The lowest BCUT2D eigenvalue weighted by molar-refractivity contribution is 0.187. The Bertz CT molecular complexity index is 1350. The van der Waals surface area contributed by atoms with Gasteiger partial charge >= 0.3 is 0 Å². The summed E-state index contributed by atoms with van der Waals surface area (Å²) >= 11 is 0. The van der Waals surface area contributed by atoms with E-state index in [1.165, 1.54) is 18.2 Å². The molecule has 0 unspecified atom stereocenters. The second-order valence-corrected chi connectivity index (χ2v) is 9.14. The van der Waals surface area contributed by atoms with Crippen molar-refractivity contribution in [3.8, 4) is 11.3 Å². The van der Waals surface area contributed by atoms with Crippen LogP contribution in [0.3, 0.4) is 0 Å². The highest BCUT2D eigenvalue weighted by Crippen LogP contribution is 2.50. The average Bonchev–Trinajstić information content (AvgIpc) is 3.39. The van der Waals surface area contributed by atoms with Crippen LogP contribution in [0.25, 0.3) is 16.8 Å². The lowest BCUT2D eigenvalue weighted by Crippen LogP contribution is -2.44. The van der Waals surface area contributed by atoms with Crippen molar-refractivity contribution in [1.82, 2.24) is 19.6 Å². The monoisotopic (exact) mass is 446 g/mol. The predicted octanol–water partition coefficient (Wildman–Crippen LogP) is 4.22. The van der Waals surface area contributed by atoms with Crippen molar-refractivity contribution in [1.29, 1.82) is 0 Å². The van der Waals surface area contributed by atoms with Crippen molar-refractivity contribution in [2.45, 2.75) is 32.2 Å². The van der Waals surface area contributed by atoms with Gasteiger partial charge in [-0.2, -0.15) is 5.10 Å². The Morgan fingerprint density at radius 2 is 1.79 bits per heavy atom. The summed E-state index contributed by atoms with van der Waals surface area (Å²) in [6, 6.07) is 9.74. The molecule has 1 spiro atoms. The highest BCUT2D eigenvalue weighted by atomic mass is 19.1. The van der Waals surface area contributed by atoms with Gasteiger partial charge in [-0.15, -0.1) is 0 Å². The summed E-state index contributed by atoms with van der Waals surface area (Å²) < 4.78 is 30.8. The quantitative estimate of drug-likeness (QED) is 0.499. The number of aryl methyl sites for hydroxylation is 1. The lowest BCUT2D eigenvalue weighted by atomic mass is 9.73. The van der Waals surface area contributed by atoms with Gasteiger partial charge in [0.1, 0.15) is 17.2 Å². The topological polar surface area (TPSA) is 72.3 Å². The summed E-state index contributed by atoms with van der Waals surface area (Å²) in [5.74, 6) is -0.483. The Morgan fingerprint density at radius 3 is 2.52 bits per heavy atom. The second kappa shape index (κ2) is 7.31. The molecule has 1 aliphatic heterocycles. The van der Waals surface area contributed by atoms with Gasteiger partial charge in [-0.05, 0) is 61.4 Å². The van der Waals surface area contributed by atoms with Crippen LogP contribution in [0.15, 0.2) is 48.8 Å². The SMILES string of the molecule is Cc1nc(N2CCC3(CC2)Cc2ncccc2[C@H]3N)c2ccnn2c1-c1c(F)cccc1F. The van der Waals surface area contributed by atoms with Crippen LogP contribution in [0.5, 0.6) is 0 Å². The van der Waals surface area contributed by atoms with E-state index in [0.29, 0.717) is 11.4 Å². The predicted molar refractivity (Wildman–Crippen MR) is 122 cm³/mol. The van der Waals surface area contributed by atoms with Crippen molar-refractivity contribution < 1.29 is 8.78 Å². The molecule has 1 aliphatic carbocycles. The summed E-state index contributed by atoms with van der Waals surface area (Å²) in [7, 11) is 0. The Kier molecular flexibility index (Phi) is 4.48. The molecule has 2 N–H and O–H groups in total. The summed E-state index contributed by atoms with van der Waals surface area (Å²) in [6.45, 7) is 3.36. The van der Waals surface area contributed by atoms with Gasteiger partial charge in [0.05, 0.1) is 23.1 Å². The van der Waals surface area contributed by atoms with Crippen LogP contribution in [-0.2, 0) is 6.42 Å². The summed E-state index contributed by atoms with van der Waals surface area (Å²) in [6.07, 6.45) is 6.23. The van der Waals surface area contributed by atoms with Crippen molar-refractivity contribution in [2.75, 3.05) is 18.0 Å². The number of aromatic nitrogens is 4. The van der Waals surface area contributed by atoms with Crippen LogP contribution in [0, 0.1) is 24.0 Å². The molecule has 8 heteroatoms. The zero-order valence-corrected chi connectivity index (χ0v) is 18.3. The van der Waals surface area contributed by atoms with E-state index >= 15 is 0 Å². The molecule has 1 atom stereocenters. The van der Waals surface area contributed by atoms with Crippen molar-refractivity contribution in [2.24, 2.45) is 11.1 Å². The van der Waals surface area contributed by atoms with Gasteiger partial charge in [0.25, 0.3) is 0 Å². The van der Waals surface area contributed by atoms with Crippen LogP contribution in [0.2, 0.25) is 0 Å². The van der Waals surface area contributed by atoms with Crippen LogP contribution in [0.4, 0.5) is 14.6 Å². The second-order valence-electron chi connectivity index (χ2n) is 9.14. The number of fused-ring (bicyclic) bond motifs is 2. The number of nitrogens with zero attached hydrogens (tertiary/aromatic N) is 5. The maximum Gasteiger partial charge on any atom is 0.155 e. The molecule has 0 radical (unpaired) electrons. The number of hydrogen-bond donors (Lipinski definition) is 1. The maximum atomic E-state index is 14.6. The first kappa shape index (κ1) is 20.2. The Hall–Kier alpha value is -3.39. The Labute approximate surface area is 190 Å². The van der Waals surface area contributed by atoms with Crippen molar-refractivity contribution >= 4 is 11.3 Å². The summed E-state index contributed by atoms with van der Waals surface area (Å²) in [4.78, 5) is 11.6. The van der Waals surface area contributed by atoms with Crippen LogP contribution in [-0.4, -0.2) is 32.7 Å². The number of hydrogen-bond acceptors (Lipinski definition) is 5. The van der Waals surface area contributed by atoms with E-state index in [1.807, 2.05) is 18.3 Å². The minimum atomic E-state index is -0.632. The van der Waals surface area contributed by atoms with Crippen LogP contribution in [0.1, 0.15) is 35.8 Å². The van der Waals surface area contributed by atoms with Gasteiger partial charge < -0.3 is 10.6 Å². The average molecular weight is 447 g/mol. The zero-order chi connectivity index (χ0) is 22.7. The molecule has 0 amide bonds. The van der Waals surface area contributed by atoms with Gasteiger partial charge in [0.15, 0.2) is 5.82 Å². The van der Waals surface area contributed by atoms with Gasteiger partial charge in [0, 0.05) is 31.0 Å². The first-order chi connectivity index (χ1) is 16.0. The minimum absolute atomic E-state index is 0.00893. The molecule has 3 aromatic heterocycles. The Morgan fingerprint density at radius 1 is 1.03 bits per heavy atom. The number of piperidine rings is 1. The fourth-order valence-electron chi connectivity index (χ4n) is 5.62. The highest BCUT2D eigenvalue weighted by molar-refractivity contribution is 5.76. The third-order valence-electron chi connectivity index (χ3n) is 7.40. The summed E-state index contributed by atoms with van der Waals surface area (Å²) in [5.41, 5.74) is 10.5. The largest absolute Gasteiger partial charge is 0.355 e. The van der Waals surface area contributed by atoms with E-state index in [-0.39, 0.29) is 17.0 Å².